The number of aryl methyl sites for hydroxylation is 1. The third-order valence-electron chi connectivity index (χ3n) is 2.41. The minimum atomic E-state index is -0.407. The van der Waals surface area contributed by atoms with Crippen molar-refractivity contribution in [3.05, 3.63) is 18.2 Å². The highest BCUT2D eigenvalue weighted by Crippen LogP contribution is 2.06. The Balaban J connectivity index is 2.79. The van der Waals surface area contributed by atoms with Gasteiger partial charge in [-0.15, -0.1) is 0 Å². The summed E-state index contributed by atoms with van der Waals surface area (Å²) in [5.74, 6) is -0.672. The maximum absolute atomic E-state index is 12.2. The van der Waals surface area contributed by atoms with E-state index in [0.29, 0.717) is 12.3 Å². The first-order valence-electron chi connectivity index (χ1n) is 5.90. The molecule has 0 fully saturated rings. The standard InChI is InChI=1S/C12H19N3O3/c1-5-18-11(16)7-15(9(2)3)12(17)10-6-14(4)8-13-10/h6,8-9H,5,7H2,1-4H3. The van der Waals surface area contributed by atoms with Gasteiger partial charge in [-0.25, -0.2) is 4.98 Å². The lowest BCUT2D eigenvalue weighted by Crippen LogP contribution is -2.41. The molecule has 0 bridgehead atoms. The number of esters is 1. The molecule has 6 heteroatoms. The van der Waals surface area contributed by atoms with Crippen molar-refractivity contribution < 1.29 is 14.3 Å². The summed E-state index contributed by atoms with van der Waals surface area (Å²) >= 11 is 0. The maximum atomic E-state index is 12.2. The van der Waals surface area contributed by atoms with Gasteiger partial charge in [-0.2, -0.15) is 0 Å². The molecule has 0 N–H and O–H groups in total. The third kappa shape index (κ3) is 3.58. The van der Waals surface area contributed by atoms with Gasteiger partial charge in [0, 0.05) is 19.3 Å². The summed E-state index contributed by atoms with van der Waals surface area (Å²) in [6.45, 7) is 5.68. The SMILES string of the molecule is CCOC(=O)CN(C(=O)c1cn(C)cn1)C(C)C. The largest absolute Gasteiger partial charge is 0.465 e. The highest BCUT2D eigenvalue weighted by atomic mass is 16.5. The highest BCUT2D eigenvalue weighted by molar-refractivity contribution is 5.94. The molecule has 100 valence electrons. The molecule has 0 spiro atoms. The summed E-state index contributed by atoms with van der Waals surface area (Å²) in [5.41, 5.74) is 0.329. The molecule has 1 rings (SSSR count). The molecule has 0 radical (unpaired) electrons. The Morgan fingerprint density at radius 3 is 2.61 bits per heavy atom. The zero-order valence-electron chi connectivity index (χ0n) is 11.2. The van der Waals surface area contributed by atoms with E-state index in [-0.39, 0.29) is 18.5 Å². The number of amides is 1. The van der Waals surface area contributed by atoms with E-state index in [4.69, 9.17) is 4.74 Å². The van der Waals surface area contributed by atoms with Gasteiger partial charge in [0.2, 0.25) is 0 Å². The lowest BCUT2D eigenvalue weighted by Gasteiger charge is -2.24. The molecule has 0 aliphatic carbocycles. The quantitative estimate of drug-likeness (QED) is 0.729. The Morgan fingerprint density at radius 1 is 1.50 bits per heavy atom. The van der Waals surface area contributed by atoms with Crippen LogP contribution < -0.4 is 0 Å². The molecule has 0 aliphatic rings. The topological polar surface area (TPSA) is 64.4 Å². The van der Waals surface area contributed by atoms with Gasteiger partial charge < -0.3 is 14.2 Å². The van der Waals surface area contributed by atoms with E-state index in [1.807, 2.05) is 13.8 Å². The Bertz CT molecular complexity index is 426. The molecule has 1 amide bonds. The van der Waals surface area contributed by atoms with Crippen LogP contribution in [0.5, 0.6) is 0 Å². The first-order chi connectivity index (χ1) is 8.45. The van der Waals surface area contributed by atoms with Crippen LogP contribution in [0.1, 0.15) is 31.3 Å². The van der Waals surface area contributed by atoms with Crippen molar-refractivity contribution in [1.29, 1.82) is 0 Å². The molecule has 18 heavy (non-hydrogen) atoms. The van der Waals surface area contributed by atoms with Crippen molar-refractivity contribution in [2.45, 2.75) is 26.8 Å². The van der Waals surface area contributed by atoms with Crippen LogP contribution in [-0.2, 0) is 16.6 Å². The summed E-state index contributed by atoms with van der Waals surface area (Å²) in [6, 6.07) is -0.0936. The van der Waals surface area contributed by atoms with Crippen molar-refractivity contribution in [3.63, 3.8) is 0 Å². The predicted molar refractivity (Wildman–Crippen MR) is 66.0 cm³/mol. The second-order valence-corrected chi connectivity index (χ2v) is 4.26. The zero-order chi connectivity index (χ0) is 13.7. The number of rotatable bonds is 5. The van der Waals surface area contributed by atoms with E-state index < -0.39 is 5.97 Å². The van der Waals surface area contributed by atoms with E-state index in [9.17, 15) is 9.59 Å². The fourth-order valence-corrected chi connectivity index (χ4v) is 1.50. The molecule has 1 heterocycles. The molecule has 0 aliphatic heterocycles. The summed E-state index contributed by atoms with van der Waals surface area (Å²) in [5, 5.41) is 0. The maximum Gasteiger partial charge on any atom is 0.325 e. The van der Waals surface area contributed by atoms with Crippen LogP contribution in [0.2, 0.25) is 0 Å². The van der Waals surface area contributed by atoms with Crippen molar-refractivity contribution in [2.75, 3.05) is 13.2 Å². The number of carbonyl (C=O) groups is 2. The molecular weight excluding hydrogens is 234 g/mol. The smallest absolute Gasteiger partial charge is 0.325 e. The number of hydrogen-bond donors (Lipinski definition) is 0. The second-order valence-electron chi connectivity index (χ2n) is 4.26. The lowest BCUT2D eigenvalue weighted by atomic mass is 10.3. The van der Waals surface area contributed by atoms with Gasteiger partial charge in [0.15, 0.2) is 0 Å². The summed E-state index contributed by atoms with van der Waals surface area (Å²) < 4.78 is 6.55. The van der Waals surface area contributed by atoms with Crippen LogP contribution in [0.4, 0.5) is 0 Å². The Morgan fingerprint density at radius 2 is 2.17 bits per heavy atom. The van der Waals surface area contributed by atoms with E-state index in [1.165, 1.54) is 4.90 Å². The average Bonchev–Trinajstić information content (AvgIpc) is 2.72. The Hall–Kier alpha value is -1.85. The minimum Gasteiger partial charge on any atom is -0.465 e. The van der Waals surface area contributed by atoms with Gasteiger partial charge in [-0.3, -0.25) is 9.59 Å². The summed E-state index contributed by atoms with van der Waals surface area (Å²) in [7, 11) is 1.79. The van der Waals surface area contributed by atoms with Crippen molar-refractivity contribution in [3.8, 4) is 0 Å². The highest BCUT2D eigenvalue weighted by Gasteiger charge is 2.23. The fourth-order valence-electron chi connectivity index (χ4n) is 1.50. The van der Waals surface area contributed by atoms with Crippen LogP contribution >= 0.6 is 0 Å². The predicted octanol–water partition coefficient (Wildman–Crippen LogP) is 0.834. The molecule has 1 aromatic heterocycles. The van der Waals surface area contributed by atoms with E-state index in [2.05, 4.69) is 4.98 Å². The molecule has 0 saturated heterocycles. The normalized spacial score (nSPS) is 10.5. The molecule has 0 unspecified atom stereocenters. The van der Waals surface area contributed by atoms with Crippen LogP contribution in [0.3, 0.4) is 0 Å². The first-order valence-corrected chi connectivity index (χ1v) is 5.90. The minimum absolute atomic E-state index is 0.0546. The average molecular weight is 253 g/mol. The fraction of sp³-hybridized carbons (Fsp3) is 0.583. The first kappa shape index (κ1) is 14.2. The number of ether oxygens (including phenoxy) is 1. The van der Waals surface area contributed by atoms with Crippen molar-refractivity contribution >= 4 is 11.9 Å². The molecule has 1 aromatic rings. The second kappa shape index (κ2) is 6.18. The van der Waals surface area contributed by atoms with E-state index in [1.54, 1.807) is 31.1 Å². The molecular formula is C12H19N3O3. The molecule has 0 atom stereocenters. The van der Waals surface area contributed by atoms with Crippen LogP contribution in [0.15, 0.2) is 12.5 Å². The van der Waals surface area contributed by atoms with E-state index in [0.717, 1.165) is 0 Å². The number of imidazole rings is 1. The molecule has 0 saturated carbocycles. The van der Waals surface area contributed by atoms with Crippen molar-refractivity contribution in [2.24, 2.45) is 7.05 Å². The van der Waals surface area contributed by atoms with Crippen molar-refractivity contribution in [1.82, 2.24) is 14.5 Å². The van der Waals surface area contributed by atoms with Gasteiger partial charge in [-0.05, 0) is 20.8 Å². The van der Waals surface area contributed by atoms with Gasteiger partial charge in [0.25, 0.3) is 5.91 Å². The van der Waals surface area contributed by atoms with Crippen LogP contribution in [0.25, 0.3) is 0 Å². The van der Waals surface area contributed by atoms with E-state index >= 15 is 0 Å². The Labute approximate surface area is 107 Å². The zero-order valence-corrected chi connectivity index (χ0v) is 11.2. The number of carbonyl (C=O) groups excluding carboxylic acids is 2. The van der Waals surface area contributed by atoms with Gasteiger partial charge in [0.05, 0.1) is 12.9 Å². The Kier molecular flexibility index (Phi) is 4.88. The summed E-state index contributed by atoms with van der Waals surface area (Å²) in [6.07, 6.45) is 3.18. The van der Waals surface area contributed by atoms with Gasteiger partial charge in [0.1, 0.15) is 12.2 Å². The molecule has 6 nitrogen and oxygen atoms in total. The van der Waals surface area contributed by atoms with Crippen LogP contribution in [-0.4, -0.2) is 45.5 Å². The van der Waals surface area contributed by atoms with Crippen LogP contribution in [0, 0.1) is 0 Å². The number of nitrogens with zero attached hydrogens (tertiary/aromatic N) is 3. The molecule has 0 aromatic carbocycles. The lowest BCUT2D eigenvalue weighted by molar-refractivity contribution is -0.144. The van der Waals surface area contributed by atoms with Gasteiger partial charge in [-0.1, -0.05) is 0 Å². The number of aromatic nitrogens is 2. The third-order valence-corrected chi connectivity index (χ3v) is 2.41. The van der Waals surface area contributed by atoms with Gasteiger partial charge >= 0.3 is 5.97 Å². The summed E-state index contributed by atoms with van der Waals surface area (Å²) in [4.78, 5) is 29.1. The monoisotopic (exact) mass is 253 g/mol. The number of hydrogen-bond acceptors (Lipinski definition) is 4.